The Bertz CT molecular complexity index is 1240. The van der Waals surface area contributed by atoms with Crippen molar-refractivity contribution < 1.29 is 9.90 Å². The second-order valence-corrected chi connectivity index (χ2v) is 8.10. The summed E-state index contributed by atoms with van der Waals surface area (Å²) in [6.45, 7) is 3.03. The fourth-order valence-electron chi connectivity index (χ4n) is 4.05. The van der Waals surface area contributed by atoms with Gasteiger partial charge in [0.05, 0.1) is 11.8 Å². The molecule has 6 nitrogen and oxygen atoms in total. The highest BCUT2D eigenvalue weighted by Gasteiger charge is 2.24. The van der Waals surface area contributed by atoms with E-state index in [0.29, 0.717) is 31.6 Å². The van der Waals surface area contributed by atoms with Crippen molar-refractivity contribution in [3.05, 3.63) is 72.1 Å². The number of pyridine rings is 2. The van der Waals surface area contributed by atoms with Gasteiger partial charge in [-0.15, -0.1) is 0 Å². The molecule has 1 fully saturated rings. The average Bonchev–Trinajstić information content (AvgIpc) is 3.23. The molecule has 4 heterocycles. The van der Waals surface area contributed by atoms with Gasteiger partial charge in [-0.3, -0.25) is 4.79 Å². The first kappa shape index (κ1) is 19.5. The van der Waals surface area contributed by atoms with E-state index in [1.807, 2.05) is 37.3 Å². The molecule has 156 valence electrons. The lowest BCUT2D eigenvalue weighted by atomic mass is 10.1. The van der Waals surface area contributed by atoms with Crippen LogP contribution in [0.2, 0.25) is 0 Å². The Kier molecular flexibility index (Phi) is 5.00. The fourth-order valence-corrected chi connectivity index (χ4v) is 4.05. The number of carbonyl (C=O) groups is 1. The predicted molar refractivity (Wildman–Crippen MR) is 121 cm³/mol. The number of piperidine rings is 1. The van der Waals surface area contributed by atoms with E-state index in [2.05, 4.69) is 34.2 Å². The van der Waals surface area contributed by atoms with Gasteiger partial charge in [-0.25, -0.2) is 9.97 Å². The number of benzene rings is 1. The number of fused-ring (bicyclic) bond motifs is 1. The summed E-state index contributed by atoms with van der Waals surface area (Å²) >= 11 is 0. The molecule has 2 N–H and O–H groups in total. The third-order valence-electron chi connectivity index (χ3n) is 5.90. The van der Waals surface area contributed by atoms with E-state index in [-0.39, 0.29) is 12.0 Å². The number of H-pyrrole nitrogens is 1. The number of rotatable bonds is 3. The topological polar surface area (TPSA) is 82.1 Å². The van der Waals surface area contributed by atoms with Crippen molar-refractivity contribution in [3.63, 3.8) is 0 Å². The van der Waals surface area contributed by atoms with Crippen molar-refractivity contribution in [2.45, 2.75) is 25.9 Å². The normalized spacial score (nSPS) is 14.8. The SMILES string of the molecule is Cc1ccc(-c2cnc3[nH]c(-c4ccccc4)cc3c2)nc1C(=O)N1CCC(O)CC1. The van der Waals surface area contributed by atoms with E-state index in [9.17, 15) is 9.90 Å². The van der Waals surface area contributed by atoms with E-state index in [4.69, 9.17) is 4.98 Å². The zero-order valence-electron chi connectivity index (χ0n) is 17.4. The minimum absolute atomic E-state index is 0.0757. The highest BCUT2D eigenvalue weighted by atomic mass is 16.3. The molecule has 1 amide bonds. The number of hydrogen-bond acceptors (Lipinski definition) is 4. The van der Waals surface area contributed by atoms with Crippen LogP contribution < -0.4 is 0 Å². The molecule has 0 atom stereocenters. The highest BCUT2D eigenvalue weighted by molar-refractivity contribution is 5.94. The number of carbonyl (C=O) groups excluding carboxylic acids is 1. The molecule has 4 aromatic rings. The molecule has 1 aromatic carbocycles. The maximum absolute atomic E-state index is 13.0. The summed E-state index contributed by atoms with van der Waals surface area (Å²) in [5.74, 6) is -0.0757. The number of nitrogens with one attached hydrogen (secondary N) is 1. The van der Waals surface area contributed by atoms with E-state index >= 15 is 0 Å². The number of hydrogen-bond donors (Lipinski definition) is 2. The van der Waals surface area contributed by atoms with Crippen molar-refractivity contribution in [3.8, 4) is 22.5 Å². The Hall–Kier alpha value is -3.51. The quantitative estimate of drug-likeness (QED) is 0.528. The lowest BCUT2D eigenvalue weighted by Crippen LogP contribution is -2.40. The molecule has 0 bridgehead atoms. The van der Waals surface area contributed by atoms with Crippen molar-refractivity contribution in [2.75, 3.05) is 13.1 Å². The zero-order chi connectivity index (χ0) is 21.4. The van der Waals surface area contributed by atoms with E-state index < -0.39 is 0 Å². The molecule has 0 unspecified atom stereocenters. The van der Waals surface area contributed by atoms with Crippen LogP contribution >= 0.6 is 0 Å². The Morgan fingerprint density at radius 3 is 2.61 bits per heavy atom. The van der Waals surface area contributed by atoms with Gasteiger partial charge in [0, 0.05) is 35.9 Å². The highest BCUT2D eigenvalue weighted by Crippen LogP contribution is 2.27. The second-order valence-electron chi connectivity index (χ2n) is 8.10. The molecule has 1 aliphatic rings. The van der Waals surface area contributed by atoms with E-state index in [1.165, 1.54) is 0 Å². The van der Waals surface area contributed by atoms with Gasteiger partial charge in [-0.05, 0) is 49.1 Å². The maximum Gasteiger partial charge on any atom is 0.272 e. The summed E-state index contributed by atoms with van der Waals surface area (Å²) in [5.41, 5.74) is 5.85. The Balaban J connectivity index is 1.47. The van der Waals surface area contributed by atoms with Crippen LogP contribution in [0.1, 0.15) is 28.9 Å². The summed E-state index contributed by atoms with van der Waals surface area (Å²) in [5, 5.41) is 10.7. The largest absolute Gasteiger partial charge is 0.393 e. The number of aryl methyl sites for hydroxylation is 1. The zero-order valence-corrected chi connectivity index (χ0v) is 17.4. The molecular formula is C25H24N4O2. The number of aliphatic hydroxyl groups excluding tert-OH is 1. The molecule has 1 aliphatic heterocycles. The molecule has 0 aliphatic carbocycles. The van der Waals surface area contributed by atoms with Crippen LogP contribution in [0.25, 0.3) is 33.5 Å². The molecule has 1 saturated heterocycles. The predicted octanol–water partition coefficient (Wildman–Crippen LogP) is 4.20. The monoisotopic (exact) mass is 412 g/mol. The van der Waals surface area contributed by atoms with Crippen LogP contribution in [-0.2, 0) is 0 Å². The van der Waals surface area contributed by atoms with Crippen LogP contribution in [0.5, 0.6) is 0 Å². The first-order valence-electron chi connectivity index (χ1n) is 10.6. The van der Waals surface area contributed by atoms with Gasteiger partial charge in [0.15, 0.2) is 0 Å². The number of likely N-dealkylation sites (tertiary alicyclic amines) is 1. The van der Waals surface area contributed by atoms with Gasteiger partial charge in [0.1, 0.15) is 11.3 Å². The van der Waals surface area contributed by atoms with Crippen LogP contribution in [0.3, 0.4) is 0 Å². The summed E-state index contributed by atoms with van der Waals surface area (Å²) in [6, 6.07) is 18.1. The van der Waals surface area contributed by atoms with Crippen molar-refractivity contribution in [1.29, 1.82) is 0 Å². The third kappa shape index (κ3) is 3.82. The van der Waals surface area contributed by atoms with Crippen molar-refractivity contribution in [1.82, 2.24) is 19.9 Å². The fraction of sp³-hybridized carbons (Fsp3) is 0.240. The summed E-state index contributed by atoms with van der Waals surface area (Å²) < 4.78 is 0. The van der Waals surface area contributed by atoms with Crippen LogP contribution in [0.15, 0.2) is 60.8 Å². The first-order chi connectivity index (χ1) is 15.1. The average molecular weight is 412 g/mol. The van der Waals surface area contributed by atoms with Gasteiger partial charge in [-0.1, -0.05) is 36.4 Å². The lowest BCUT2D eigenvalue weighted by molar-refractivity contribution is 0.0541. The van der Waals surface area contributed by atoms with Gasteiger partial charge < -0.3 is 15.0 Å². The van der Waals surface area contributed by atoms with Gasteiger partial charge in [-0.2, -0.15) is 0 Å². The standard InChI is InChI=1S/C25H24N4O2/c1-16-7-8-21(27-23(16)25(31)29-11-9-20(30)10-12-29)19-13-18-14-22(28-24(18)26-15-19)17-5-3-2-4-6-17/h2-8,13-15,20,30H,9-12H2,1H3,(H,26,28). The molecule has 6 heteroatoms. The number of aromatic amines is 1. The maximum atomic E-state index is 13.0. The Morgan fingerprint density at radius 2 is 1.84 bits per heavy atom. The van der Waals surface area contributed by atoms with Gasteiger partial charge in [0.25, 0.3) is 5.91 Å². The summed E-state index contributed by atoms with van der Waals surface area (Å²) in [6.07, 6.45) is 2.70. The minimum Gasteiger partial charge on any atom is -0.393 e. The van der Waals surface area contributed by atoms with Crippen LogP contribution in [-0.4, -0.2) is 50.1 Å². The molecule has 31 heavy (non-hydrogen) atoms. The molecule has 0 radical (unpaired) electrons. The second kappa shape index (κ2) is 7.96. The van der Waals surface area contributed by atoms with Gasteiger partial charge >= 0.3 is 0 Å². The molecule has 3 aromatic heterocycles. The van der Waals surface area contributed by atoms with Crippen molar-refractivity contribution >= 4 is 16.9 Å². The van der Waals surface area contributed by atoms with E-state index in [1.54, 1.807) is 11.1 Å². The minimum atomic E-state index is -0.315. The first-order valence-corrected chi connectivity index (χ1v) is 10.6. The number of amides is 1. The van der Waals surface area contributed by atoms with Gasteiger partial charge in [0.2, 0.25) is 0 Å². The smallest absolute Gasteiger partial charge is 0.272 e. The number of aliphatic hydroxyl groups is 1. The molecular weight excluding hydrogens is 388 g/mol. The molecule has 5 rings (SSSR count). The summed E-state index contributed by atoms with van der Waals surface area (Å²) in [4.78, 5) is 27.5. The number of nitrogens with zero attached hydrogens (tertiary/aromatic N) is 3. The summed E-state index contributed by atoms with van der Waals surface area (Å²) in [7, 11) is 0. The molecule has 0 spiro atoms. The molecule has 0 saturated carbocycles. The van der Waals surface area contributed by atoms with Crippen LogP contribution in [0, 0.1) is 6.92 Å². The third-order valence-corrected chi connectivity index (χ3v) is 5.90. The Morgan fingerprint density at radius 1 is 1.06 bits per heavy atom. The Labute approximate surface area is 180 Å². The lowest BCUT2D eigenvalue weighted by Gasteiger charge is -2.29. The number of aromatic nitrogens is 3. The van der Waals surface area contributed by atoms with Crippen molar-refractivity contribution in [2.24, 2.45) is 0 Å². The van der Waals surface area contributed by atoms with Crippen LogP contribution in [0.4, 0.5) is 0 Å². The van der Waals surface area contributed by atoms with E-state index in [0.717, 1.165) is 39.1 Å².